The molecule has 1 aromatic heterocycles. The quantitative estimate of drug-likeness (QED) is 0.590. The predicted molar refractivity (Wildman–Crippen MR) is 139 cm³/mol. The maximum atomic E-state index is 13.5. The van der Waals surface area contributed by atoms with Gasteiger partial charge in [-0.25, -0.2) is 0 Å². The average Bonchev–Trinajstić information content (AvgIpc) is 3.66. The fourth-order valence-corrected chi connectivity index (χ4v) is 5.90. The Balaban J connectivity index is 1.14. The van der Waals surface area contributed by atoms with E-state index >= 15 is 0 Å². The third-order valence-corrected chi connectivity index (χ3v) is 8.71. The number of carbonyl (C=O) groups excluding carboxylic acids is 2. The SMILES string of the molecule is Cc1cc(-c2ccc3[nH]ncc3c2)ccc1C1=NC2(CC2)C(=O)N1C[C@@H]1CCN(C(=O)C2(C)CC2)C1. The topological polar surface area (TPSA) is 81.7 Å². The summed E-state index contributed by atoms with van der Waals surface area (Å²) in [5.41, 5.74) is 4.76. The number of likely N-dealkylation sites (tertiary alicyclic amines) is 1. The van der Waals surface area contributed by atoms with Crippen molar-refractivity contribution in [3.05, 3.63) is 53.7 Å². The van der Waals surface area contributed by atoms with Crippen molar-refractivity contribution in [1.82, 2.24) is 20.0 Å². The molecule has 2 aromatic carbocycles. The van der Waals surface area contributed by atoms with Crippen molar-refractivity contribution in [2.75, 3.05) is 19.6 Å². The van der Waals surface area contributed by atoms with Crippen LogP contribution in [0.15, 0.2) is 47.6 Å². The Morgan fingerprint density at radius 2 is 1.89 bits per heavy atom. The largest absolute Gasteiger partial charge is 0.342 e. The molecule has 7 rings (SSSR count). The van der Waals surface area contributed by atoms with Crippen LogP contribution in [0.1, 0.15) is 50.2 Å². The summed E-state index contributed by atoms with van der Waals surface area (Å²) in [5.74, 6) is 1.54. The molecule has 3 heterocycles. The molecule has 2 amide bonds. The number of carbonyl (C=O) groups is 2. The number of nitrogens with zero attached hydrogens (tertiary/aromatic N) is 4. The molecular formula is C29H31N5O2. The van der Waals surface area contributed by atoms with Gasteiger partial charge in [0.1, 0.15) is 11.4 Å². The molecule has 36 heavy (non-hydrogen) atoms. The number of rotatable bonds is 5. The van der Waals surface area contributed by atoms with Gasteiger partial charge in [-0.3, -0.25) is 24.6 Å². The summed E-state index contributed by atoms with van der Waals surface area (Å²) >= 11 is 0. The van der Waals surface area contributed by atoms with Crippen LogP contribution in [0.2, 0.25) is 0 Å². The number of H-pyrrole nitrogens is 1. The van der Waals surface area contributed by atoms with Crippen LogP contribution < -0.4 is 0 Å². The van der Waals surface area contributed by atoms with Crippen LogP contribution in [-0.4, -0.2) is 62.8 Å². The Morgan fingerprint density at radius 1 is 1.11 bits per heavy atom. The molecule has 0 radical (unpaired) electrons. The Kier molecular flexibility index (Phi) is 4.54. The molecule has 7 heteroatoms. The van der Waals surface area contributed by atoms with Gasteiger partial charge in [0, 0.05) is 36.0 Å². The Labute approximate surface area is 210 Å². The van der Waals surface area contributed by atoms with Crippen molar-refractivity contribution in [2.24, 2.45) is 16.3 Å². The number of hydrogen-bond acceptors (Lipinski definition) is 4. The van der Waals surface area contributed by atoms with Crippen molar-refractivity contribution < 1.29 is 9.59 Å². The zero-order valence-corrected chi connectivity index (χ0v) is 20.9. The van der Waals surface area contributed by atoms with E-state index < -0.39 is 5.54 Å². The minimum Gasteiger partial charge on any atom is -0.342 e. The van der Waals surface area contributed by atoms with Crippen LogP contribution in [0.5, 0.6) is 0 Å². The molecule has 3 aromatic rings. The van der Waals surface area contributed by atoms with Crippen molar-refractivity contribution in [1.29, 1.82) is 0 Å². The Bertz CT molecular complexity index is 1440. The second kappa shape index (κ2) is 7.51. The lowest BCUT2D eigenvalue weighted by Gasteiger charge is -2.25. The van der Waals surface area contributed by atoms with Crippen LogP contribution in [0.3, 0.4) is 0 Å². The molecule has 184 valence electrons. The number of aromatic nitrogens is 2. The maximum absolute atomic E-state index is 13.5. The van der Waals surface area contributed by atoms with E-state index in [1.165, 1.54) is 0 Å². The number of hydrogen-bond donors (Lipinski definition) is 1. The second-order valence-corrected chi connectivity index (χ2v) is 11.6. The molecule has 2 aliphatic carbocycles. The van der Waals surface area contributed by atoms with E-state index in [4.69, 9.17) is 4.99 Å². The Hall–Kier alpha value is -3.48. The summed E-state index contributed by atoms with van der Waals surface area (Å²) in [6, 6.07) is 12.7. The van der Waals surface area contributed by atoms with Gasteiger partial charge >= 0.3 is 0 Å². The van der Waals surface area contributed by atoms with E-state index in [1.54, 1.807) is 0 Å². The minimum atomic E-state index is -0.539. The zero-order valence-electron chi connectivity index (χ0n) is 20.9. The number of fused-ring (bicyclic) bond motifs is 1. The van der Waals surface area contributed by atoms with Gasteiger partial charge in [0.2, 0.25) is 5.91 Å². The molecule has 3 fully saturated rings. The van der Waals surface area contributed by atoms with Crippen LogP contribution >= 0.6 is 0 Å². The highest BCUT2D eigenvalue weighted by molar-refractivity contribution is 6.17. The zero-order chi connectivity index (χ0) is 24.7. The molecule has 1 spiro atoms. The summed E-state index contributed by atoms with van der Waals surface area (Å²) < 4.78 is 0. The van der Waals surface area contributed by atoms with E-state index in [0.717, 1.165) is 84.2 Å². The highest BCUT2D eigenvalue weighted by atomic mass is 16.2. The van der Waals surface area contributed by atoms with E-state index in [2.05, 4.69) is 60.4 Å². The van der Waals surface area contributed by atoms with Gasteiger partial charge in [-0.15, -0.1) is 0 Å². The van der Waals surface area contributed by atoms with Crippen LogP contribution in [-0.2, 0) is 9.59 Å². The van der Waals surface area contributed by atoms with Gasteiger partial charge in [0.15, 0.2) is 0 Å². The summed E-state index contributed by atoms with van der Waals surface area (Å²) in [6.07, 6.45) is 6.46. The fourth-order valence-electron chi connectivity index (χ4n) is 5.90. The second-order valence-electron chi connectivity index (χ2n) is 11.6. The van der Waals surface area contributed by atoms with Crippen molar-refractivity contribution >= 4 is 28.6 Å². The Morgan fingerprint density at radius 3 is 2.64 bits per heavy atom. The molecule has 1 saturated heterocycles. The number of aliphatic imine (C=N–C) groups is 1. The number of aryl methyl sites for hydroxylation is 1. The summed E-state index contributed by atoms with van der Waals surface area (Å²) in [7, 11) is 0. The van der Waals surface area contributed by atoms with Gasteiger partial charge in [-0.1, -0.05) is 31.2 Å². The number of amides is 2. The third kappa shape index (κ3) is 3.39. The van der Waals surface area contributed by atoms with Crippen LogP contribution in [0.25, 0.3) is 22.0 Å². The molecule has 1 atom stereocenters. The molecule has 1 N–H and O–H groups in total. The molecule has 2 aliphatic heterocycles. The fraction of sp³-hybridized carbons (Fsp3) is 0.448. The number of aromatic amines is 1. The molecule has 7 nitrogen and oxygen atoms in total. The summed E-state index contributed by atoms with van der Waals surface area (Å²) in [5, 5.41) is 8.21. The smallest absolute Gasteiger partial charge is 0.256 e. The van der Waals surface area contributed by atoms with Gasteiger partial charge in [-0.2, -0.15) is 5.10 Å². The van der Waals surface area contributed by atoms with Gasteiger partial charge in [-0.05, 0) is 73.8 Å². The molecule has 2 saturated carbocycles. The van der Waals surface area contributed by atoms with Gasteiger partial charge in [0.05, 0.1) is 11.7 Å². The van der Waals surface area contributed by atoms with E-state index in [-0.39, 0.29) is 11.3 Å². The first-order valence-electron chi connectivity index (χ1n) is 13.1. The lowest BCUT2D eigenvalue weighted by Crippen LogP contribution is -2.41. The van der Waals surface area contributed by atoms with Crippen LogP contribution in [0.4, 0.5) is 0 Å². The lowest BCUT2D eigenvalue weighted by atomic mass is 9.98. The first-order chi connectivity index (χ1) is 17.4. The van der Waals surface area contributed by atoms with Crippen LogP contribution in [0, 0.1) is 18.3 Å². The minimum absolute atomic E-state index is 0.135. The van der Waals surface area contributed by atoms with Crippen molar-refractivity contribution in [3.8, 4) is 11.1 Å². The summed E-state index contributed by atoms with van der Waals surface area (Å²) in [6.45, 7) is 6.36. The number of nitrogens with one attached hydrogen (secondary N) is 1. The predicted octanol–water partition coefficient (Wildman–Crippen LogP) is 4.31. The van der Waals surface area contributed by atoms with Gasteiger partial charge < -0.3 is 4.90 Å². The maximum Gasteiger partial charge on any atom is 0.256 e. The normalized spacial score (nSPS) is 23.6. The molecule has 4 aliphatic rings. The highest BCUT2D eigenvalue weighted by Crippen LogP contribution is 2.48. The van der Waals surface area contributed by atoms with Crippen molar-refractivity contribution in [3.63, 3.8) is 0 Å². The monoisotopic (exact) mass is 481 g/mol. The van der Waals surface area contributed by atoms with E-state index in [1.807, 2.05) is 16.0 Å². The molecule has 0 unspecified atom stereocenters. The number of amidine groups is 1. The number of benzene rings is 2. The van der Waals surface area contributed by atoms with E-state index in [9.17, 15) is 9.59 Å². The highest BCUT2D eigenvalue weighted by Gasteiger charge is 2.58. The standard InChI is InChI=1S/C29H31N5O2/c1-18-13-20(21-4-6-24-22(14-21)15-30-32-24)3-5-23(18)25-31-29(10-11-29)27(36)34(25)17-19-7-12-33(16-19)26(35)28(2)8-9-28/h3-6,13-15,19H,7-12,16-17H2,1-2H3,(H,30,32)/t19-/m1/s1. The molecule has 0 bridgehead atoms. The lowest BCUT2D eigenvalue weighted by molar-refractivity contribution is -0.135. The van der Waals surface area contributed by atoms with Gasteiger partial charge in [0.25, 0.3) is 5.91 Å². The van der Waals surface area contributed by atoms with E-state index in [0.29, 0.717) is 18.4 Å². The van der Waals surface area contributed by atoms with Crippen molar-refractivity contribution in [2.45, 2.75) is 51.5 Å². The third-order valence-electron chi connectivity index (χ3n) is 8.71. The first-order valence-corrected chi connectivity index (χ1v) is 13.1. The average molecular weight is 482 g/mol. The molecular weight excluding hydrogens is 450 g/mol. The first kappa shape index (κ1) is 21.8. The summed E-state index contributed by atoms with van der Waals surface area (Å²) in [4.78, 5) is 35.3.